The number of carboxylic acid groups (broad SMARTS) is 1. The Hall–Kier alpha value is -0.780. The molecule has 0 bridgehead atoms. The molecule has 0 spiro atoms. The molecule has 0 saturated heterocycles. The molecule has 0 aliphatic carbocycles. The molecule has 3 nitrogen and oxygen atoms in total. The molecule has 0 fully saturated rings. The van der Waals surface area contributed by atoms with Crippen molar-refractivity contribution >= 4 is 5.97 Å². The average molecular weight is 227 g/mol. The minimum atomic E-state index is -4.69. The summed E-state index contributed by atoms with van der Waals surface area (Å²) in [5, 5.41) is 11.0. The van der Waals surface area contributed by atoms with Gasteiger partial charge in [0.2, 0.25) is 0 Å². The molecule has 15 heavy (non-hydrogen) atoms. The average Bonchev–Trinajstić information content (AvgIpc) is 2.01. The van der Waals surface area contributed by atoms with Gasteiger partial charge in [-0.05, 0) is 13.3 Å². The highest BCUT2D eigenvalue weighted by atomic mass is 19.4. The van der Waals surface area contributed by atoms with Crippen LogP contribution in [0.1, 0.15) is 26.7 Å². The Morgan fingerprint density at radius 1 is 1.47 bits per heavy atom. The molecule has 0 heterocycles. The lowest BCUT2D eigenvalue weighted by molar-refractivity contribution is -0.192. The van der Waals surface area contributed by atoms with Crippen LogP contribution in [0.25, 0.3) is 0 Å². The van der Waals surface area contributed by atoms with E-state index in [1.54, 1.807) is 6.92 Å². The maximum Gasteiger partial charge on any atom is 0.403 e. The molecule has 0 amide bonds. The first-order chi connectivity index (χ1) is 6.79. The van der Waals surface area contributed by atoms with Crippen LogP contribution in [-0.2, 0) is 4.79 Å². The Bertz CT molecular complexity index is 206. The lowest BCUT2D eigenvalue weighted by atomic mass is 10.1. The minimum Gasteiger partial charge on any atom is -0.481 e. The zero-order chi connectivity index (χ0) is 12.1. The van der Waals surface area contributed by atoms with Crippen LogP contribution in [0.15, 0.2) is 0 Å². The summed E-state index contributed by atoms with van der Waals surface area (Å²) in [6, 6.07) is -0.0980. The van der Waals surface area contributed by atoms with Gasteiger partial charge in [0.05, 0.1) is 0 Å². The number of rotatable bonds is 6. The van der Waals surface area contributed by atoms with Gasteiger partial charge in [0.25, 0.3) is 0 Å². The van der Waals surface area contributed by atoms with Crippen molar-refractivity contribution in [1.82, 2.24) is 5.32 Å². The molecule has 2 atom stereocenters. The smallest absolute Gasteiger partial charge is 0.403 e. The van der Waals surface area contributed by atoms with Crippen LogP contribution >= 0.6 is 0 Å². The lowest BCUT2D eigenvalue weighted by Crippen LogP contribution is -2.41. The van der Waals surface area contributed by atoms with Crippen molar-refractivity contribution in [1.29, 1.82) is 0 Å². The van der Waals surface area contributed by atoms with Crippen LogP contribution in [0.2, 0.25) is 0 Å². The summed E-state index contributed by atoms with van der Waals surface area (Å²) < 4.78 is 36.6. The summed E-state index contributed by atoms with van der Waals surface area (Å²) in [6.45, 7) is 3.08. The lowest BCUT2D eigenvalue weighted by Gasteiger charge is -2.19. The Labute approximate surface area is 86.7 Å². The molecular formula is C9H16F3NO2. The standard InChI is InChI=1S/C9H16F3NO2/c1-3-4-6(2)13-5-7(8(14)15)9(10,11)12/h6-7,13H,3-5H2,1-2H3,(H,14,15). The SMILES string of the molecule is CCCC(C)NCC(C(=O)O)C(F)(F)F. The second-order valence-corrected chi connectivity index (χ2v) is 3.53. The van der Waals surface area contributed by atoms with E-state index in [2.05, 4.69) is 5.32 Å². The Kier molecular flexibility index (Phi) is 5.64. The van der Waals surface area contributed by atoms with Gasteiger partial charge in [0.15, 0.2) is 5.92 Å². The van der Waals surface area contributed by atoms with E-state index in [0.717, 1.165) is 12.8 Å². The van der Waals surface area contributed by atoms with Crippen LogP contribution in [0, 0.1) is 5.92 Å². The number of carboxylic acids is 1. The summed E-state index contributed by atoms with van der Waals surface area (Å²) in [5.41, 5.74) is 0. The van der Waals surface area contributed by atoms with Crippen molar-refractivity contribution in [2.75, 3.05) is 6.54 Å². The molecule has 0 aromatic heterocycles. The first kappa shape index (κ1) is 14.2. The maximum absolute atomic E-state index is 12.2. The van der Waals surface area contributed by atoms with E-state index in [9.17, 15) is 18.0 Å². The number of carbonyl (C=O) groups is 1. The Balaban J connectivity index is 4.15. The van der Waals surface area contributed by atoms with Crippen molar-refractivity contribution in [3.8, 4) is 0 Å². The highest BCUT2D eigenvalue weighted by Crippen LogP contribution is 2.25. The van der Waals surface area contributed by atoms with Crippen LogP contribution in [0.3, 0.4) is 0 Å². The van der Waals surface area contributed by atoms with Gasteiger partial charge >= 0.3 is 12.1 Å². The molecule has 0 aliphatic heterocycles. The summed E-state index contributed by atoms with van der Waals surface area (Å²) in [7, 11) is 0. The maximum atomic E-state index is 12.2. The van der Waals surface area contributed by atoms with E-state index in [-0.39, 0.29) is 6.04 Å². The number of hydrogen-bond acceptors (Lipinski definition) is 2. The largest absolute Gasteiger partial charge is 0.481 e. The van der Waals surface area contributed by atoms with Crippen LogP contribution in [-0.4, -0.2) is 29.8 Å². The third-order valence-electron chi connectivity index (χ3n) is 2.09. The van der Waals surface area contributed by atoms with Crippen LogP contribution < -0.4 is 5.32 Å². The predicted octanol–water partition coefficient (Wildman–Crippen LogP) is 2.03. The van der Waals surface area contributed by atoms with Crippen molar-refractivity contribution < 1.29 is 23.1 Å². The first-order valence-corrected chi connectivity index (χ1v) is 4.82. The minimum absolute atomic E-state index is 0.0980. The first-order valence-electron chi connectivity index (χ1n) is 4.82. The zero-order valence-corrected chi connectivity index (χ0v) is 8.77. The van der Waals surface area contributed by atoms with Crippen molar-refractivity contribution in [3.63, 3.8) is 0 Å². The molecule has 0 rings (SSSR count). The fourth-order valence-electron chi connectivity index (χ4n) is 1.20. The van der Waals surface area contributed by atoms with Gasteiger partial charge in [-0.1, -0.05) is 13.3 Å². The second-order valence-electron chi connectivity index (χ2n) is 3.53. The summed E-state index contributed by atoms with van der Waals surface area (Å²) in [6.07, 6.45) is -3.12. The molecule has 0 aromatic carbocycles. The highest BCUT2D eigenvalue weighted by molar-refractivity contribution is 5.71. The van der Waals surface area contributed by atoms with Gasteiger partial charge in [-0.2, -0.15) is 13.2 Å². The fourth-order valence-corrected chi connectivity index (χ4v) is 1.20. The topological polar surface area (TPSA) is 49.3 Å². The van der Waals surface area contributed by atoms with E-state index in [0.29, 0.717) is 0 Å². The van der Waals surface area contributed by atoms with E-state index in [1.807, 2.05) is 6.92 Å². The third-order valence-corrected chi connectivity index (χ3v) is 2.09. The van der Waals surface area contributed by atoms with Gasteiger partial charge in [-0.25, -0.2) is 0 Å². The Morgan fingerprint density at radius 2 is 2.00 bits per heavy atom. The number of alkyl halides is 3. The van der Waals surface area contributed by atoms with Crippen molar-refractivity contribution in [3.05, 3.63) is 0 Å². The molecule has 0 aromatic rings. The molecule has 0 radical (unpaired) electrons. The molecule has 2 unspecified atom stereocenters. The number of halogens is 3. The summed E-state index contributed by atoms with van der Waals surface area (Å²) >= 11 is 0. The van der Waals surface area contributed by atoms with E-state index < -0.39 is 24.6 Å². The van der Waals surface area contributed by atoms with Gasteiger partial charge in [-0.3, -0.25) is 4.79 Å². The van der Waals surface area contributed by atoms with E-state index in [1.165, 1.54) is 0 Å². The predicted molar refractivity (Wildman–Crippen MR) is 49.6 cm³/mol. The molecule has 0 aliphatic rings. The van der Waals surface area contributed by atoms with Gasteiger partial charge in [-0.15, -0.1) is 0 Å². The highest BCUT2D eigenvalue weighted by Gasteiger charge is 2.44. The molecule has 0 saturated carbocycles. The normalized spacial score (nSPS) is 16.1. The van der Waals surface area contributed by atoms with E-state index >= 15 is 0 Å². The fraction of sp³-hybridized carbons (Fsp3) is 0.889. The van der Waals surface area contributed by atoms with Crippen LogP contribution in [0.4, 0.5) is 13.2 Å². The monoisotopic (exact) mass is 227 g/mol. The second kappa shape index (κ2) is 5.95. The summed E-state index contributed by atoms with van der Waals surface area (Å²) in [4.78, 5) is 10.4. The van der Waals surface area contributed by atoms with Crippen LogP contribution in [0.5, 0.6) is 0 Å². The number of hydrogen-bond donors (Lipinski definition) is 2. The molecular weight excluding hydrogens is 211 g/mol. The number of nitrogens with one attached hydrogen (secondary N) is 1. The van der Waals surface area contributed by atoms with Crippen molar-refractivity contribution in [2.45, 2.75) is 38.9 Å². The van der Waals surface area contributed by atoms with Gasteiger partial charge in [0, 0.05) is 12.6 Å². The quantitative estimate of drug-likeness (QED) is 0.730. The van der Waals surface area contributed by atoms with Gasteiger partial charge < -0.3 is 10.4 Å². The van der Waals surface area contributed by atoms with Gasteiger partial charge in [0.1, 0.15) is 0 Å². The molecule has 90 valence electrons. The zero-order valence-electron chi connectivity index (χ0n) is 8.77. The summed E-state index contributed by atoms with van der Waals surface area (Å²) in [5.74, 6) is -4.16. The third kappa shape index (κ3) is 5.61. The molecule has 2 N–H and O–H groups in total. The van der Waals surface area contributed by atoms with E-state index in [4.69, 9.17) is 5.11 Å². The Morgan fingerprint density at radius 3 is 2.33 bits per heavy atom. The molecule has 6 heteroatoms. The van der Waals surface area contributed by atoms with Crippen molar-refractivity contribution in [2.24, 2.45) is 5.92 Å². The number of aliphatic carboxylic acids is 1.